The summed E-state index contributed by atoms with van der Waals surface area (Å²) in [7, 11) is 0. The monoisotopic (exact) mass is 295 g/mol. The van der Waals surface area contributed by atoms with Crippen LogP contribution in [-0.2, 0) is 6.42 Å². The van der Waals surface area contributed by atoms with E-state index in [-0.39, 0.29) is 24.3 Å². The van der Waals surface area contributed by atoms with E-state index in [9.17, 15) is 14.9 Å². The zero-order chi connectivity index (χ0) is 16.0. The molecule has 0 fully saturated rings. The van der Waals surface area contributed by atoms with Crippen molar-refractivity contribution >= 4 is 17.4 Å². The molecule has 2 atom stereocenters. The van der Waals surface area contributed by atoms with Gasteiger partial charge < -0.3 is 15.7 Å². The van der Waals surface area contributed by atoms with Crippen molar-refractivity contribution < 1.29 is 14.8 Å². The van der Waals surface area contributed by atoms with E-state index < -0.39 is 11.0 Å². The molecule has 0 radical (unpaired) electrons. The maximum atomic E-state index is 11.8. The van der Waals surface area contributed by atoms with Crippen LogP contribution < -0.4 is 10.6 Å². The summed E-state index contributed by atoms with van der Waals surface area (Å²) < 4.78 is 0. The van der Waals surface area contributed by atoms with Crippen molar-refractivity contribution in [3.8, 4) is 0 Å². The van der Waals surface area contributed by atoms with Crippen LogP contribution in [0.3, 0.4) is 0 Å². The second-order valence-corrected chi connectivity index (χ2v) is 5.00. The third kappa shape index (κ3) is 4.71. The summed E-state index contributed by atoms with van der Waals surface area (Å²) in [5.41, 5.74) is 0.973. The van der Waals surface area contributed by atoms with E-state index in [4.69, 9.17) is 5.11 Å². The number of anilines is 1. The van der Waals surface area contributed by atoms with E-state index in [0.717, 1.165) is 0 Å². The zero-order valence-electron chi connectivity index (χ0n) is 12.4. The molecule has 0 unspecified atom stereocenters. The van der Waals surface area contributed by atoms with Gasteiger partial charge in [-0.3, -0.25) is 10.1 Å². The molecule has 0 spiro atoms. The topological polar surface area (TPSA) is 104 Å². The predicted octanol–water partition coefficient (Wildman–Crippen LogP) is 2.30. The summed E-state index contributed by atoms with van der Waals surface area (Å²) in [6, 6.07) is 3.94. The van der Waals surface area contributed by atoms with Crippen LogP contribution in [0.2, 0.25) is 0 Å². The largest absolute Gasteiger partial charge is 0.396 e. The number of hydrogen-bond donors (Lipinski definition) is 3. The summed E-state index contributed by atoms with van der Waals surface area (Å²) in [6.07, 6.45) is 0.549. The summed E-state index contributed by atoms with van der Waals surface area (Å²) in [5, 5.41) is 25.2. The Morgan fingerprint density at radius 1 is 1.43 bits per heavy atom. The van der Waals surface area contributed by atoms with Crippen molar-refractivity contribution in [2.24, 2.45) is 5.92 Å². The van der Waals surface area contributed by atoms with Crippen molar-refractivity contribution in [2.45, 2.75) is 33.2 Å². The number of aliphatic hydroxyl groups is 1. The highest BCUT2D eigenvalue weighted by Gasteiger charge is 2.16. The molecule has 7 heteroatoms. The lowest BCUT2D eigenvalue weighted by Gasteiger charge is -2.19. The minimum absolute atomic E-state index is 0.00734. The first-order valence-electron chi connectivity index (χ1n) is 6.84. The Labute approximate surface area is 123 Å². The molecule has 3 N–H and O–H groups in total. The van der Waals surface area contributed by atoms with Gasteiger partial charge in [0.05, 0.1) is 4.92 Å². The van der Waals surface area contributed by atoms with Gasteiger partial charge in [0.1, 0.15) is 0 Å². The quantitative estimate of drug-likeness (QED) is 0.553. The van der Waals surface area contributed by atoms with Crippen molar-refractivity contribution in [3.63, 3.8) is 0 Å². The number of nitrogens with one attached hydrogen (secondary N) is 2. The molecule has 0 saturated carbocycles. The van der Waals surface area contributed by atoms with Crippen LogP contribution in [-0.4, -0.2) is 28.7 Å². The minimum Gasteiger partial charge on any atom is -0.396 e. The van der Waals surface area contributed by atoms with Gasteiger partial charge in [0.25, 0.3) is 5.69 Å². The number of benzene rings is 1. The lowest BCUT2D eigenvalue weighted by atomic mass is 10.1. The summed E-state index contributed by atoms with van der Waals surface area (Å²) in [6.45, 7) is 5.40. The molecule has 2 amide bonds. The summed E-state index contributed by atoms with van der Waals surface area (Å²) >= 11 is 0. The number of nitro benzene ring substituents is 1. The molecule has 0 saturated heterocycles. The number of aliphatic hydroxyl groups excluding tert-OH is 1. The van der Waals surface area contributed by atoms with Crippen LogP contribution in [0.1, 0.15) is 26.3 Å². The molecular formula is C14H21N3O4. The smallest absolute Gasteiger partial charge is 0.319 e. The third-order valence-corrected chi connectivity index (χ3v) is 3.42. The van der Waals surface area contributed by atoms with Crippen LogP contribution in [0.25, 0.3) is 0 Å². The van der Waals surface area contributed by atoms with E-state index >= 15 is 0 Å². The van der Waals surface area contributed by atoms with E-state index in [0.29, 0.717) is 17.7 Å². The lowest BCUT2D eigenvalue weighted by molar-refractivity contribution is -0.385. The lowest BCUT2D eigenvalue weighted by Crippen LogP contribution is -2.40. The molecule has 0 aromatic heterocycles. The summed E-state index contributed by atoms with van der Waals surface area (Å²) in [4.78, 5) is 22.3. The molecular weight excluding hydrogens is 274 g/mol. The van der Waals surface area contributed by atoms with Gasteiger partial charge in [-0.05, 0) is 25.3 Å². The van der Waals surface area contributed by atoms with Crippen molar-refractivity contribution in [3.05, 3.63) is 33.9 Å². The number of amides is 2. The third-order valence-electron chi connectivity index (χ3n) is 3.42. The fourth-order valence-electron chi connectivity index (χ4n) is 1.78. The molecule has 1 rings (SSSR count). The molecule has 7 nitrogen and oxygen atoms in total. The van der Waals surface area contributed by atoms with Crippen molar-refractivity contribution in [1.82, 2.24) is 5.32 Å². The first-order chi connectivity index (χ1) is 9.88. The number of nitro groups is 1. The van der Waals surface area contributed by atoms with Crippen LogP contribution >= 0.6 is 0 Å². The van der Waals surface area contributed by atoms with Gasteiger partial charge in [0.15, 0.2) is 0 Å². The average Bonchev–Trinajstić information content (AvgIpc) is 2.45. The van der Waals surface area contributed by atoms with E-state index in [1.54, 1.807) is 19.1 Å². The minimum atomic E-state index is -0.460. The molecule has 0 heterocycles. The molecule has 21 heavy (non-hydrogen) atoms. The van der Waals surface area contributed by atoms with Gasteiger partial charge in [0, 0.05) is 30.0 Å². The molecule has 116 valence electrons. The average molecular weight is 295 g/mol. The molecule has 0 aliphatic rings. The Hall–Kier alpha value is -2.15. The summed E-state index contributed by atoms with van der Waals surface area (Å²) in [5.74, 6) is -0.0763. The van der Waals surface area contributed by atoms with Crippen LogP contribution in [0, 0.1) is 16.0 Å². The second-order valence-electron chi connectivity index (χ2n) is 5.00. The van der Waals surface area contributed by atoms with Crippen LogP contribution in [0.4, 0.5) is 16.2 Å². The number of carbonyl (C=O) groups is 1. The van der Waals surface area contributed by atoms with Crippen molar-refractivity contribution in [2.75, 3.05) is 11.9 Å². The van der Waals surface area contributed by atoms with Crippen LogP contribution in [0.5, 0.6) is 0 Å². The highest BCUT2D eigenvalue weighted by molar-refractivity contribution is 5.89. The molecule has 0 aliphatic heterocycles. The Morgan fingerprint density at radius 2 is 2.10 bits per heavy atom. The van der Waals surface area contributed by atoms with Gasteiger partial charge in [-0.1, -0.05) is 19.9 Å². The van der Waals surface area contributed by atoms with E-state index in [1.165, 1.54) is 6.07 Å². The van der Waals surface area contributed by atoms with Gasteiger partial charge in [-0.25, -0.2) is 4.79 Å². The fourth-order valence-corrected chi connectivity index (χ4v) is 1.78. The normalized spacial score (nSPS) is 13.3. The van der Waals surface area contributed by atoms with Gasteiger partial charge in [0.2, 0.25) is 0 Å². The number of hydrogen-bond acceptors (Lipinski definition) is 4. The van der Waals surface area contributed by atoms with Gasteiger partial charge >= 0.3 is 6.03 Å². The molecule has 0 bridgehead atoms. The van der Waals surface area contributed by atoms with Crippen LogP contribution in [0.15, 0.2) is 18.2 Å². The standard InChI is InChI=1S/C14H21N3O4/c1-4-11-5-6-12(7-13(11)17(20)21)16-14(19)15-10(3)9(2)8-18/h5-7,9-10,18H,4,8H2,1-3H3,(H2,15,16,19)/t9-,10-/m1/s1. The zero-order valence-corrected chi connectivity index (χ0v) is 12.4. The fraction of sp³-hybridized carbons (Fsp3) is 0.500. The molecule has 0 aliphatic carbocycles. The Kier molecular flexibility index (Phi) is 6.10. The van der Waals surface area contributed by atoms with Crippen molar-refractivity contribution in [1.29, 1.82) is 0 Å². The predicted molar refractivity (Wildman–Crippen MR) is 80.3 cm³/mol. The van der Waals surface area contributed by atoms with E-state index in [2.05, 4.69) is 10.6 Å². The Bertz CT molecular complexity index is 519. The Balaban J connectivity index is 2.77. The van der Waals surface area contributed by atoms with Gasteiger partial charge in [-0.15, -0.1) is 0 Å². The first kappa shape index (κ1) is 16.9. The number of carbonyl (C=O) groups excluding carboxylic acids is 1. The number of rotatable bonds is 6. The van der Waals surface area contributed by atoms with Gasteiger partial charge in [-0.2, -0.15) is 0 Å². The highest BCUT2D eigenvalue weighted by Crippen LogP contribution is 2.23. The SMILES string of the molecule is CCc1ccc(NC(=O)N[C@H](C)[C@H](C)CO)cc1[N+](=O)[O-]. The molecule has 1 aromatic carbocycles. The maximum Gasteiger partial charge on any atom is 0.319 e. The molecule has 1 aromatic rings. The number of urea groups is 1. The number of aryl methyl sites for hydroxylation is 1. The second kappa shape index (κ2) is 7.58. The van der Waals surface area contributed by atoms with E-state index in [1.807, 2.05) is 13.8 Å². The Morgan fingerprint density at radius 3 is 2.62 bits per heavy atom. The first-order valence-corrected chi connectivity index (χ1v) is 6.84. The number of nitrogens with zero attached hydrogens (tertiary/aromatic N) is 1. The highest BCUT2D eigenvalue weighted by atomic mass is 16.6. The maximum absolute atomic E-state index is 11.8.